The van der Waals surface area contributed by atoms with Crippen LogP contribution in [-0.4, -0.2) is 35.2 Å². The Kier molecular flexibility index (Phi) is 5.19. The molecule has 3 aromatic rings. The predicted molar refractivity (Wildman–Crippen MR) is 107 cm³/mol. The van der Waals surface area contributed by atoms with Crippen LogP contribution in [0.25, 0.3) is 11.3 Å². The maximum atomic E-state index is 12.7. The molecule has 0 saturated heterocycles. The molecular formula is C21H18ClF3N4. The third-order valence-corrected chi connectivity index (χ3v) is 5.16. The molecule has 0 radical (unpaired) electrons. The van der Waals surface area contributed by atoms with Crippen LogP contribution in [-0.2, 0) is 12.7 Å². The van der Waals surface area contributed by atoms with Gasteiger partial charge < -0.3 is 9.80 Å². The number of rotatable bonds is 2. The van der Waals surface area contributed by atoms with Crippen molar-refractivity contribution in [3.8, 4) is 11.3 Å². The van der Waals surface area contributed by atoms with Crippen LogP contribution in [0, 0.1) is 0 Å². The van der Waals surface area contributed by atoms with E-state index in [2.05, 4.69) is 20.0 Å². The maximum absolute atomic E-state index is 12.7. The molecular weight excluding hydrogens is 401 g/mol. The van der Waals surface area contributed by atoms with Gasteiger partial charge >= 0.3 is 6.18 Å². The lowest BCUT2D eigenvalue weighted by Gasteiger charge is -2.25. The van der Waals surface area contributed by atoms with E-state index >= 15 is 0 Å². The summed E-state index contributed by atoms with van der Waals surface area (Å²) in [5.74, 6) is 0. The topological polar surface area (TPSA) is 32.3 Å². The molecule has 8 heteroatoms. The Hall–Kier alpha value is -2.64. The number of likely N-dealkylation sites (N-methyl/N-ethyl adjacent to an activating group) is 1. The van der Waals surface area contributed by atoms with E-state index in [0.717, 1.165) is 48.2 Å². The summed E-state index contributed by atoms with van der Waals surface area (Å²) in [5.41, 5.74) is 3.30. The molecule has 0 spiro atoms. The fourth-order valence-corrected chi connectivity index (χ4v) is 3.55. The minimum atomic E-state index is -4.50. The number of aromatic nitrogens is 2. The predicted octanol–water partition coefficient (Wildman–Crippen LogP) is 5.40. The second-order valence-electron chi connectivity index (χ2n) is 7.01. The highest BCUT2D eigenvalue weighted by atomic mass is 35.5. The van der Waals surface area contributed by atoms with Gasteiger partial charge in [0.25, 0.3) is 0 Å². The van der Waals surface area contributed by atoms with Gasteiger partial charge in [-0.1, -0.05) is 17.7 Å². The van der Waals surface area contributed by atoms with E-state index in [0.29, 0.717) is 10.7 Å². The van der Waals surface area contributed by atoms with Crippen LogP contribution in [0.3, 0.4) is 0 Å². The molecule has 0 saturated carbocycles. The third kappa shape index (κ3) is 4.21. The number of anilines is 2. The smallest absolute Gasteiger partial charge is 0.340 e. The number of nitrogens with zero attached hydrogens (tertiary/aromatic N) is 4. The summed E-state index contributed by atoms with van der Waals surface area (Å²) in [7, 11) is 2.04. The van der Waals surface area contributed by atoms with E-state index in [-0.39, 0.29) is 0 Å². The van der Waals surface area contributed by atoms with Crippen LogP contribution in [0.4, 0.5) is 24.5 Å². The standard InChI is InChI=1S/C21H18ClF3N4/c1-28-10-11-29(17-5-3-16(22)4-6-17)19-8-2-14(12-15(19)13-28)18-7-9-20(27-26-18)21(23,24)25/h2-9,12H,10-11,13H2,1H3. The van der Waals surface area contributed by atoms with Crippen LogP contribution in [0.2, 0.25) is 5.02 Å². The van der Waals surface area contributed by atoms with Gasteiger partial charge in [-0.05, 0) is 61.1 Å². The molecule has 0 N–H and O–H groups in total. The van der Waals surface area contributed by atoms with E-state index in [1.54, 1.807) is 0 Å². The van der Waals surface area contributed by atoms with Gasteiger partial charge in [-0.15, -0.1) is 10.2 Å². The minimum Gasteiger partial charge on any atom is -0.340 e. The number of alkyl halides is 3. The highest BCUT2D eigenvalue weighted by molar-refractivity contribution is 6.30. The molecule has 29 heavy (non-hydrogen) atoms. The quantitative estimate of drug-likeness (QED) is 0.558. The Morgan fingerprint density at radius 3 is 2.34 bits per heavy atom. The molecule has 2 heterocycles. The summed E-state index contributed by atoms with van der Waals surface area (Å²) in [5, 5.41) is 7.79. The van der Waals surface area contributed by atoms with Crippen molar-refractivity contribution in [2.75, 3.05) is 25.0 Å². The third-order valence-electron chi connectivity index (χ3n) is 4.90. The van der Waals surface area contributed by atoms with Gasteiger partial charge in [-0.25, -0.2) is 0 Å². The average molecular weight is 419 g/mol. The Morgan fingerprint density at radius 2 is 1.69 bits per heavy atom. The van der Waals surface area contributed by atoms with Gasteiger partial charge in [0.05, 0.1) is 5.69 Å². The first-order valence-electron chi connectivity index (χ1n) is 9.07. The highest BCUT2D eigenvalue weighted by Crippen LogP contribution is 2.35. The van der Waals surface area contributed by atoms with Crippen molar-refractivity contribution in [3.63, 3.8) is 0 Å². The molecule has 4 rings (SSSR count). The molecule has 1 aromatic heterocycles. The van der Waals surface area contributed by atoms with Crippen LogP contribution < -0.4 is 4.90 Å². The van der Waals surface area contributed by atoms with Crippen LogP contribution in [0.5, 0.6) is 0 Å². The second kappa shape index (κ2) is 7.65. The van der Waals surface area contributed by atoms with Crippen molar-refractivity contribution in [3.05, 3.63) is 70.9 Å². The molecule has 2 aromatic carbocycles. The summed E-state index contributed by atoms with van der Waals surface area (Å²) in [6, 6.07) is 15.8. The van der Waals surface area contributed by atoms with E-state index in [9.17, 15) is 13.2 Å². The van der Waals surface area contributed by atoms with Gasteiger partial charge in [0.15, 0.2) is 5.69 Å². The molecule has 0 fully saturated rings. The Labute approximate surface area is 171 Å². The fourth-order valence-electron chi connectivity index (χ4n) is 3.42. The van der Waals surface area contributed by atoms with Crippen molar-refractivity contribution in [1.82, 2.24) is 15.1 Å². The lowest BCUT2D eigenvalue weighted by Crippen LogP contribution is -2.26. The van der Waals surface area contributed by atoms with Crippen LogP contribution in [0.1, 0.15) is 11.3 Å². The largest absolute Gasteiger partial charge is 0.435 e. The summed E-state index contributed by atoms with van der Waals surface area (Å²) < 4.78 is 38.2. The van der Waals surface area contributed by atoms with Gasteiger partial charge in [0, 0.05) is 41.6 Å². The van der Waals surface area contributed by atoms with Crippen molar-refractivity contribution >= 4 is 23.0 Å². The van der Waals surface area contributed by atoms with Gasteiger partial charge in [-0.3, -0.25) is 0 Å². The maximum Gasteiger partial charge on any atom is 0.435 e. The Morgan fingerprint density at radius 1 is 0.931 bits per heavy atom. The van der Waals surface area contributed by atoms with Crippen LogP contribution >= 0.6 is 11.6 Å². The zero-order valence-electron chi connectivity index (χ0n) is 15.6. The van der Waals surface area contributed by atoms with Crippen molar-refractivity contribution in [2.45, 2.75) is 12.7 Å². The van der Waals surface area contributed by atoms with Crippen molar-refractivity contribution in [2.24, 2.45) is 0 Å². The van der Waals surface area contributed by atoms with Gasteiger partial charge in [0.2, 0.25) is 0 Å². The SMILES string of the molecule is CN1CCN(c2ccc(Cl)cc2)c2ccc(-c3ccc(C(F)(F)F)nn3)cc2C1. The average Bonchev–Trinajstić information content (AvgIpc) is 2.86. The summed E-state index contributed by atoms with van der Waals surface area (Å²) in [4.78, 5) is 4.42. The van der Waals surface area contributed by atoms with Gasteiger partial charge in [0.1, 0.15) is 0 Å². The number of hydrogen-bond acceptors (Lipinski definition) is 4. The van der Waals surface area contributed by atoms with Gasteiger partial charge in [-0.2, -0.15) is 13.2 Å². The highest BCUT2D eigenvalue weighted by Gasteiger charge is 2.33. The number of fused-ring (bicyclic) bond motifs is 1. The zero-order chi connectivity index (χ0) is 20.6. The Balaban J connectivity index is 1.71. The van der Waals surface area contributed by atoms with Crippen molar-refractivity contribution < 1.29 is 13.2 Å². The molecule has 0 unspecified atom stereocenters. The first kappa shape index (κ1) is 19.7. The normalized spacial score (nSPS) is 15.1. The summed E-state index contributed by atoms with van der Waals surface area (Å²) in [6.45, 7) is 2.40. The summed E-state index contributed by atoms with van der Waals surface area (Å²) >= 11 is 6.02. The molecule has 4 nitrogen and oxygen atoms in total. The molecule has 0 atom stereocenters. The van der Waals surface area contributed by atoms with Crippen LogP contribution in [0.15, 0.2) is 54.6 Å². The van der Waals surface area contributed by atoms with E-state index < -0.39 is 11.9 Å². The fraction of sp³-hybridized carbons (Fsp3) is 0.238. The molecule has 0 bridgehead atoms. The molecule has 0 amide bonds. The Bertz CT molecular complexity index is 1000. The number of benzene rings is 2. The molecule has 150 valence electrons. The second-order valence-corrected chi connectivity index (χ2v) is 7.45. The first-order valence-corrected chi connectivity index (χ1v) is 9.45. The molecule has 1 aliphatic heterocycles. The lowest BCUT2D eigenvalue weighted by molar-refractivity contribution is -0.141. The lowest BCUT2D eigenvalue weighted by atomic mass is 10.0. The monoisotopic (exact) mass is 418 g/mol. The zero-order valence-corrected chi connectivity index (χ0v) is 16.4. The van der Waals surface area contributed by atoms with Crippen molar-refractivity contribution in [1.29, 1.82) is 0 Å². The number of halogens is 4. The van der Waals surface area contributed by atoms with E-state index in [4.69, 9.17) is 11.6 Å². The van der Waals surface area contributed by atoms with E-state index in [1.165, 1.54) is 6.07 Å². The summed E-state index contributed by atoms with van der Waals surface area (Å²) in [6.07, 6.45) is -4.50. The van der Waals surface area contributed by atoms with E-state index in [1.807, 2.05) is 49.5 Å². The number of hydrogen-bond donors (Lipinski definition) is 0. The molecule has 1 aliphatic rings. The first-order chi connectivity index (χ1) is 13.8. The minimum absolute atomic E-state index is 0.408. The molecule has 0 aliphatic carbocycles.